The summed E-state index contributed by atoms with van der Waals surface area (Å²) in [6, 6.07) is 0.718. The van der Waals surface area contributed by atoms with Crippen molar-refractivity contribution >= 4 is 0 Å². The maximum absolute atomic E-state index is 3.64. The second-order valence-electron chi connectivity index (χ2n) is 5.40. The van der Waals surface area contributed by atoms with E-state index in [-0.39, 0.29) is 0 Å². The molecule has 0 radical (unpaired) electrons. The summed E-state index contributed by atoms with van der Waals surface area (Å²) in [5.74, 6) is 1.02. The van der Waals surface area contributed by atoms with Crippen LogP contribution < -0.4 is 5.32 Å². The number of hydrogen-bond donors (Lipinski definition) is 1. The second kappa shape index (κ2) is 7.24. The van der Waals surface area contributed by atoms with E-state index in [1.165, 1.54) is 51.6 Å². The van der Waals surface area contributed by atoms with Crippen LogP contribution in [-0.2, 0) is 0 Å². The first-order valence-electron chi connectivity index (χ1n) is 6.56. The molecule has 90 valence electrons. The van der Waals surface area contributed by atoms with Gasteiger partial charge in [-0.1, -0.05) is 25.7 Å². The lowest BCUT2D eigenvalue weighted by Crippen LogP contribution is -2.30. The van der Waals surface area contributed by atoms with Crippen LogP contribution >= 0.6 is 0 Å². The number of nitrogens with one attached hydrogen (secondary N) is 1. The maximum atomic E-state index is 3.64. The van der Waals surface area contributed by atoms with Crippen molar-refractivity contribution < 1.29 is 0 Å². The topological polar surface area (TPSA) is 15.3 Å². The van der Waals surface area contributed by atoms with Crippen molar-refractivity contribution in [3.05, 3.63) is 0 Å². The first-order chi connectivity index (χ1) is 7.18. The average Bonchev–Trinajstić information content (AvgIpc) is 2.64. The monoisotopic (exact) mass is 212 g/mol. The standard InChI is InChI=1S/C13H28N2/c1-12(11-13-7-4-5-8-13)14-9-6-10-15(2)3/h12-14H,4-11H2,1-3H3. The highest BCUT2D eigenvalue weighted by atomic mass is 15.1. The molecule has 0 aromatic rings. The van der Waals surface area contributed by atoms with Gasteiger partial charge in [-0.3, -0.25) is 0 Å². The van der Waals surface area contributed by atoms with Crippen LogP contribution in [0.5, 0.6) is 0 Å². The molecule has 1 atom stereocenters. The van der Waals surface area contributed by atoms with Crippen LogP contribution in [0.3, 0.4) is 0 Å². The zero-order valence-electron chi connectivity index (χ0n) is 10.8. The Morgan fingerprint density at radius 2 is 1.93 bits per heavy atom. The zero-order chi connectivity index (χ0) is 11.1. The van der Waals surface area contributed by atoms with Crippen molar-refractivity contribution in [1.29, 1.82) is 0 Å². The van der Waals surface area contributed by atoms with E-state index in [4.69, 9.17) is 0 Å². The molecule has 1 N–H and O–H groups in total. The van der Waals surface area contributed by atoms with E-state index in [9.17, 15) is 0 Å². The first kappa shape index (κ1) is 13.0. The zero-order valence-corrected chi connectivity index (χ0v) is 10.8. The molecule has 0 amide bonds. The van der Waals surface area contributed by atoms with Crippen LogP contribution in [0.15, 0.2) is 0 Å². The third kappa shape index (κ3) is 6.16. The van der Waals surface area contributed by atoms with Crippen LogP contribution in [0, 0.1) is 5.92 Å². The number of rotatable bonds is 7. The minimum atomic E-state index is 0.718. The van der Waals surface area contributed by atoms with E-state index >= 15 is 0 Å². The van der Waals surface area contributed by atoms with Gasteiger partial charge >= 0.3 is 0 Å². The van der Waals surface area contributed by atoms with Gasteiger partial charge in [0, 0.05) is 6.04 Å². The fraction of sp³-hybridized carbons (Fsp3) is 1.00. The molecule has 0 saturated heterocycles. The third-order valence-electron chi connectivity index (χ3n) is 3.44. The minimum Gasteiger partial charge on any atom is -0.314 e. The van der Waals surface area contributed by atoms with Crippen LogP contribution in [0.4, 0.5) is 0 Å². The predicted molar refractivity (Wildman–Crippen MR) is 67.2 cm³/mol. The molecular weight excluding hydrogens is 184 g/mol. The van der Waals surface area contributed by atoms with Gasteiger partial charge in [0.05, 0.1) is 0 Å². The second-order valence-corrected chi connectivity index (χ2v) is 5.40. The van der Waals surface area contributed by atoms with Gasteiger partial charge in [0.1, 0.15) is 0 Å². The molecule has 0 aromatic heterocycles. The van der Waals surface area contributed by atoms with Crippen molar-refractivity contribution in [1.82, 2.24) is 10.2 Å². The molecular formula is C13H28N2. The first-order valence-corrected chi connectivity index (χ1v) is 6.56. The van der Waals surface area contributed by atoms with Gasteiger partial charge in [-0.05, 0) is 52.9 Å². The smallest absolute Gasteiger partial charge is 0.00413 e. The van der Waals surface area contributed by atoms with E-state index in [0.717, 1.165) is 12.0 Å². The highest BCUT2D eigenvalue weighted by Gasteiger charge is 2.17. The highest BCUT2D eigenvalue weighted by Crippen LogP contribution is 2.28. The Kier molecular flexibility index (Phi) is 6.26. The van der Waals surface area contributed by atoms with E-state index in [0.29, 0.717) is 0 Å². The normalized spacial score (nSPS) is 20.0. The Bertz CT molecular complexity index is 151. The summed E-state index contributed by atoms with van der Waals surface area (Å²) in [7, 11) is 4.28. The van der Waals surface area contributed by atoms with Gasteiger partial charge in [0.25, 0.3) is 0 Å². The molecule has 1 rings (SSSR count). The van der Waals surface area contributed by atoms with Gasteiger partial charge < -0.3 is 10.2 Å². The molecule has 1 unspecified atom stereocenters. The Hall–Kier alpha value is -0.0800. The van der Waals surface area contributed by atoms with Crippen LogP contribution in [0.25, 0.3) is 0 Å². The molecule has 0 aliphatic heterocycles. The molecule has 2 nitrogen and oxygen atoms in total. The molecule has 0 spiro atoms. The Morgan fingerprint density at radius 3 is 2.53 bits per heavy atom. The summed E-state index contributed by atoms with van der Waals surface area (Å²) in [6.45, 7) is 4.71. The van der Waals surface area contributed by atoms with Gasteiger partial charge in [0.15, 0.2) is 0 Å². The maximum Gasteiger partial charge on any atom is 0.00413 e. The van der Waals surface area contributed by atoms with Crippen molar-refractivity contribution in [3.8, 4) is 0 Å². The molecule has 0 bridgehead atoms. The van der Waals surface area contributed by atoms with E-state index in [1.54, 1.807) is 0 Å². The van der Waals surface area contributed by atoms with Gasteiger partial charge in [-0.25, -0.2) is 0 Å². The highest BCUT2D eigenvalue weighted by molar-refractivity contribution is 4.72. The molecule has 1 aliphatic rings. The predicted octanol–water partition coefficient (Wildman–Crippen LogP) is 2.50. The van der Waals surface area contributed by atoms with Gasteiger partial charge in [-0.15, -0.1) is 0 Å². The van der Waals surface area contributed by atoms with E-state index in [1.807, 2.05) is 0 Å². The van der Waals surface area contributed by atoms with E-state index < -0.39 is 0 Å². The summed E-state index contributed by atoms with van der Waals surface area (Å²) >= 11 is 0. The summed E-state index contributed by atoms with van der Waals surface area (Å²) < 4.78 is 0. The largest absolute Gasteiger partial charge is 0.314 e. The van der Waals surface area contributed by atoms with Crippen molar-refractivity contribution in [2.24, 2.45) is 5.92 Å². The molecule has 2 heteroatoms. The quantitative estimate of drug-likeness (QED) is 0.652. The fourth-order valence-electron chi connectivity index (χ4n) is 2.57. The Morgan fingerprint density at radius 1 is 1.27 bits per heavy atom. The summed E-state index contributed by atoms with van der Waals surface area (Å²) in [6.07, 6.45) is 8.55. The van der Waals surface area contributed by atoms with Crippen molar-refractivity contribution in [2.45, 2.75) is 51.5 Å². The molecule has 0 heterocycles. The molecule has 1 aliphatic carbocycles. The van der Waals surface area contributed by atoms with Crippen molar-refractivity contribution in [3.63, 3.8) is 0 Å². The van der Waals surface area contributed by atoms with Gasteiger partial charge in [0.2, 0.25) is 0 Å². The molecule has 15 heavy (non-hydrogen) atoms. The third-order valence-corrected chi connectivity index (χ3v) is 3.44. The average molecular weight is 212 g/mol. The Balaban J connectivity index is 1.95. The molecule has 0 aromatic carbocycles. The lowest BCUT2D eigenvalue weighted by molar-refractivity contribution is 0.369. The molecule has 1 fully saturated rings. The Labute approximate surface area is 95.4 Å². The fourth-order valence-corrected chi connectivity index (χ4v) is 2.57. The van der Waals surface area contributed by atoms with Crippen LogP contribution in [0.1, 0.15) is 45.4 Å². The SMILES string of the molecule is CC(CC1CCCC1)NCCCN(C)C. The number of nitrogens with zero attached hydrogens (tertiary/aromatic N) is 1. The van der Waals surface area contributed by atoms with Crippen LogP contribution in [0.2, 0.25) is 0 Å². The summed E-state index contributed by atoms with van der Waals surface area (Å²) in [4.78, 5) is 2.25. The van der Waals surface area contributed by atoms with Gasteiger partial charge in [-0.2, -0.15) is 0 Å². The summed E-state index contributed by atoms with van der Waals surface area (Å²) in [5, 5.41) is 3.64. The van der Waals surface area contributed by atoms with E-state index in [2.05, 4.69) is 31.2 Å². The number of hydrogen-bond acceptors (Lipinski definition) is 2. The lowest BCUT2D eigenvalue weighted by Gasteiger charge is -2.18. The lowest BCUT2D eigenvalue weighted by atomic mass is 9.99. The van der Waals surface area contributed by atoms with Crippen LogP contribution in [-0.4, -0.2) is 38.1 Å². The summed E-state index contributed by atoms with van der Waals surface area (Å²) in [5.41, 5.74) is 0. The van der Waals surface area contributed by atoms with Crippen molar-refractivity contribution in [2.75, 3.05) is 27.2 Å². The molecule has 1 saturated carbocycles. The minimum absolute atomic E-state index is 0.718.